The van der Waals surface area contributed by atoms with Crippen molar-refractivity contribution in [1.29, 1.82) is 0 Å². The van der Waals surface area contributed by atoms with Crippen molar-refractivity contribution in [3.8, 4) is 0 Å². The number of primary amides is 1. The van der Waals surface area contributed by atoms with Gasteiger partial charge in [-0.2, -0.15) is 0 Å². The van der Waals surface area contributed by atoms with Crippen molar-refractivity contribution in [1.82, 2.24) is 10.2 Å². The van der Waals surface area contributed by atoms with Crippen molar-refractivity contribution in [2.45, 2.75) is 12.5 Å². The molecular weight excluding hydrogens is 246 g/mol. The summed E-state index contributed by atoms with van der Waals surface area (Å²) >= 11 is 0. The third kappa shape index (κ3) is 3.38. The topological polar surface area (TPSA) is 92.5 Å². The maximum absolute atomic E-state index is 11.6. The summed E-state index contributed by atoms with van der Waals surface area (Å²) in [6.45, 7) is 0.0123. The van der Waals surface area contributed by atoms with Crippen molar-refractivity contribution in [3.05, 3.63) is 35.9 Å². The molecule has 1 heterocycles. The van der Waals surface area contributed by atoms with Gasteiger partial charge in [-0.25, -0.2) is 0 Å². The quantitative estimate of drug-likeness (QED) is 0.683. The van der Waals surface area contributed by atoms with E-state index in [2.05, 4.69) is 5.32 Å². The zero-order valence-corrected chi connectivity index (χ0v) is 10.3. The molecule has 3 N–H and O–H groups in total. The maximum atomic E-state index is 11.6. The highest BCUT2D eigenvalue weighted by Crippen LogP contribution is 2.10. The first kappa shape index (κ1) is 13.2. The number of nitrogens with zero attached hydrogens (tertiary/aromatic N) is 1. The van der Waals surface area contributed by atoms with Crippen LogP contribution >= 0.6 is 0 Å². The van der Waals surface area contributed by atoms with Crippen molar-refractivity contribution >= 4 is 17.7 Å². The molecule has 1 aliphatic rings. The molecule has 1 aliphatic heterocycles. The first-order chi connectivity index (χ1) is 9.06. The fourth-order valence-electron chi connectivity index (χ4n) is 2.13. The number of carbonyl (C=O) groups is 3. The van der Waals surface area contributed by atoms with Crippen molar-refractivity contribution in [3.63, 3.8) is 0 Å². The van der Waals surface area contributed by atoms with Gasteiger partial charge in [0, 0.05) is 0 Å². The van der Waals surface area contributed by atoms with Gasteiger partial charge in [0.1, 0.15) is 0 Å². The summed E-state index contributed by atoms with van der Waals surface area (Å²) in [6, 6.07) is 8.70. The van der Waals surface area contributed by atoms with Crippen LogP contribution in [0.15, 0.2) is 30.3 Å². The van der Waals surface area contributed by atoms with E-state index in [0.717, 1.165) is 5.56 Å². The average molecular weight is 261 g/mol. The Bertz CT molecular complexity index is 485. The number of carbonyl (C=O) groups excluding carboxylic acids is 3. The van der Waals surface area contributed by atoms with Crippen LogP contribution in [0.1, 0.15) is 5.56 Å². The molecule has 2 rings (SSSR count). The van der Waals surface area contributed by atoms with Gasteiger partial charge in [-0.3, -0.25) is 24.6 Å². The predicted octanol–water partition coefficient (Wildman–Crippen LogP) is -0.959. The SMILES string of the molecule is NC(=O)C(Cc1ccccc1)N1CC(=O)NC(=O)C1. The van der Waals surface area contributed by atoms with Crippen molar-refractivity contribution in [2.24, 2.45) is 5.73 Å². The number of imide groups is 1. The summed E-state index contributed by atoms with van der Waals surface area (Å²) in [6.07, 6.45) is 0.386. The van der Waals surface area contributed by atoms with E-state index in [1.807, 2.05) is 30.3 Å². The van der Waals surface area contributed by atoms with Crippen molar-refractivity contribution < 1.29 is 14.4 Å². The lowest BCUT2D eigenvalue weighted by atomic mass is 10.0. The van der Waals surface area contributed by atoms with Crippen LogP contribution < -0.4 is 11.1 Å². The van der Waals surface area contributed by atoms with E-state index in [1.54, 1.807) is 0 Å². The Hall–Kier alpha value is -2.21. The Morgan fingerprint density at radius 2 is 1.79 bits per heavy atom. The smallest absolute Gasteiger partial charge is 0.240 e. The number of hydrogen-bond donors (Lipinski definition) is 2. The second kappa shape index (κ2) is 5.62. The highest BCUT2D eigenvalue weighted by molar-refractivity contribution is 6.00. The number of piperazine rings is 1. The van der Waals surface area contributed by atoms with Gasteiger partial charge in [0.05, 0.1) is 19.1 Å². The molecule has 0 aliphatic carbocycles. The van der Waals surface area contributed by atoms with Gasteiger partial charge in [0.25, 0.3) is 0 Å². The Morgan fingerprint density at radius 1 is 1.21 bits per heavy atom. The minimum atomic E-state index is -0.655. The standard InChI is InChI=1S/C13H15N3O3/c14-13(19)10(6-9-4-2-1-3-5-9)16-7-11(17)15-12(18)8-16/h1-5,10H,6-8H2,(H2,14,19)(H,15,17,18). The fraction of sp³-hybridized carbons (Fsp3) is 0.308. The molecule has 1 fully saturated rings. The molecule has 0 radical (unpaired) electrons. The van der Waals surface area contributed by atoms with E-state index in [9.17, 15) is 14.4 Å². The van der Waals surface area contributed by atoms with Gasteiger partial charge in [-0.1, -0.05) is 30.3 Å². The van der Waals surface area contributed by atoms with Crippen LogP contribution in [0.5, 0.6) is 0 Å². The number of rotatable bonds is 4. The Morgan fingerprint density at radius 3 is 2.32 bits per heavy atom. The zero-order valence-electron chi connectivity index (χ0n) is 10.3. The zero-order chi connectivity index (χ0) is 13.8. The molecule has 0 saturated carbocycles. The Balaban J connectivity index is 2.14. The molecule has 1 atom stereocenters. The molecule has 100 valence electrons. The Labute approximate surface area is 110 Å². The monoisotopic (exact) mass is 261 g/mol. The first-order valence-corrected chi connectivity index (χ1v) is 5.96. The molecule has 0 aromatic heterocycles. The van der Waals surface area contributed by atoms with Gasteiger partial charge < -0.3 is 5.73 Å². The largest absolute Gasteiger partial charge is 0.368 e. The van der Waals surface area contributed by atoms with E-state index in [1.165, 1.54) is 4.90 Å². The van der Waals surface area contributed by atoms with E-state index in [0.29, 0.717) is 6.42 Å². The normalized spacial score (nSPS) is 17.9. The molecule has 0 spiro atoms. The summed E-state index contributed by atoms with van der Waals surface area (Å²) in [5, 5.41) is 2.20. The molecule has 1 unspecified atom stereocenters. The maximum Gasteiger partial charge on any atom is 0.240 e. The van der Waals surface area contributed by atoms with Gasteiger partial charge >= 0.3 is 0 Å². The second-order valence-electron chi connectivity index (χ2n) is 4.48. The van der Waals surface area contributed by atoms with Gasteiger partial charge in [0.2, 0.25) is 17.7 Å². The number of benzene rings is 1. The summed E-state index contributed by atoms with van der Waals surface area (Å²) < 4.78 is 0. The van der Waals surface area contributed by atoms with Crippen LogP contribution in [-0.4, -0.2) is 41.8 Å². The van der Waals surface area contributed by atoms with Crippen LogP contribution in [0.2, 0.25) is 0 Å². The molecule has 1 saturated heterocycles. The fourth-order valence-corrected chi connectivity index (χ4v) is 2.13. The van der Waals surface area contributed by atoms with Gasteiger partial charge in [0.15, 0.2) is 0 Å². The molecular formula is C13H15N3O3. The summed E-state index contributed by atoms with van der Waals surface area (Å²) in [4.78, 5) is 35.7. The van der Waals surface area contributed by atoms with Crippen LogP contribution in [-0.2, 0) is 20.8 Å². The first-order valence-electron chi connectivity index (χ1n) is 5.96. The highest BCUT2D eigenvalue weighted by atomic mass is 16.2. The van der Waals surface area contributed by atoms with E-state index in [4.69, 9.17) is 5.73 Å². The number of hydrogen-bond acceptors (Lipinski definition) is 4. The van der Waals surface area contributed by atoms with Gasteiger partial charge in [-0.05, 0) is 12.0 Å². The van der Waals surface area contributed by atoms with Crippen LogP contribution in [0.3, 0.4) is 0 Å². The summed E-state index contributed by atoms with van der Waals surface area (Å²) in [5.41, 5.74) is 6.32. The molecule has 3 amide bonds. The minimum absolute atomic E-state index is 0.00613. The molecule has 1 aromatic carbocycles. The third-order valence-electron chi connectivity index (χ3n) is 3.01. The number of nitrogens with two attached hydrogens (primary N) is 1. The van der Waals surface area contributed by atoms with Crippen LogP contribution in [0, 0.1) is 0 Å². The Kier molecular flexibility index (Phi) is 3.91. The third-order valence-corrected chi connectivity index (χ3v) is 3.01. The minimum Gasteiger partial charge on any atom is -0.368 e. The van der Waals surface area contributed by atoms with Crippen LogP contribution in [0.4, 0.5) is 0 Å². The molecule has 1 aromatic rings. The average Bonchev–Trinajstić information content (AvgIpc) is 2.35. The molecule has 6 heteroatoms. The van der Waals surface area contributed by atoms with Crippen LogP contribution in [0.25, 0.3) is 0 Å². The molecule has 0 bridgehead atoms. The molecule has 19 heavy (non-hydrogen) atoms. The molecule has 6 nitrogen and oxygen atoms in total. The lowest BCUT2D eigenvalue weighted by Gasteiger charge is -2.31. The number of amides is 3. The summed E-state index contributed by atoms with van der Waals surface area (Å²) in [7, 11) is 0. The summed E-state index contributed by atoms with van der Waals surface area (Å²) in [5.74, 6) is -1.35. The van der Waals surface area contributed by atoms with E-state index in [-0.39, 0.29) is 13.1 Å². The lowest BCUT2D eigenvalue weighted by molar-refractivity contribution is -0.138. The second-order valence-corrected chi connectivity index (χ2v) is 4.48. The number of nitrogens with one attached hydrogen (secondary N) is 1. The highest BCUT2D eigenvalue weighted by Gasteiger charge is 2.31. The lowest BCUT2D eigenvalue weighted by Crippen LogP contribution is -2.58. The predicted molar refractivity (Wildman–Crippen MR) is 67.9 cm³/mol. The van der Waals surface area contributed by atoms with Gasteiger partial charge in [-0.15, -0.1) is 0 Å². The van der Waals surface area contributed by atoms with E-state index < -0.39 is 23.8 Å². The van der Waals surface area contributed by atoms with Crippen molar-refractivity contribution in [2.75, 3.05) is 13.1 Å². The van der Waals surface area contributed by atoms with E-state index >= 15 is 0 Å².